The van der Waals surface area contributed by atoms with Crippen LogP contribution in [-0.4, -0.2) is 22.9 Å². The summed E-state index contributed by atoms with van der Waals surface area (Å²) in [6, 6.07) is 3.58. The lowest BCUT2D eigenvalue weighted by Crippen LogP contribution is -2.27. The van der Waals surface area contributed by atoms with Crippen molar-refractivity contribution in [3.05, 3.63) is 29.3 Å². The fraction of sp³-hybridized carbons (Fsp3) is 0.200. The Morgan fingerprint density at radius 2 is 1.87 bits per heavy atom. The fourth-order valence-corrected chi connectivity index (χ4v) is 1.21. The minimum absolute atomic E-state index is 0.0349. The molecule has 0 spiro atoms. The van der Waals surface area contributed by atoms with Crippen molar-refractivity contribution in [1.29, 1.82) is 0 Å². The van der Waals surface area contributed by atoms with Crippen LogP contribution in [-0.2, 0) is 0 Å². The summed E-state index contributed by atoms with van der Waals surface area (Å²) in [6.07, 6.45) is 0. The molecule has 5 nitrogen and oxygen atoms in total. The average Bonchev–Trinajstić information content (AvgIpc) is 2.16. The summed E-state index contributed by atoms with van der Waals surface area (Å²) < 4.78 is 0. The monoisotopic (exact) mass is 208 g/mol. The molecule has 1 unspecified atom stereocenters. The number of anilines is 1. The van der Waals surface area contributed by atoms with E-state index in [9.17, 15) is 9.59 Å². The van der Waals surface area contributed by atoms with Gasteiger partial charge in [0.2, 0.25) is 0 Å². The van der Waals surface area contributed by atoms with Crippen LogP contribution in [0.4, 0.5) is 5.69 Å². The van der Waals surface area contributed by atoms with Crippen LogP contribution in [0.3, 0.4) is 0 Å². The van der Waals surface area contributed by atoms with E-state index in [1.807, 2.05) is 0 Å². The molecule has 80 valence electrons. The maximum Gasteiger partial charge on any atom is 0.337 e. The van der Waals surface area contributed by atoms with Gasteiger partial charge in [-0.05, 0) is 19.1 Å². The molecule has 1 aromatic rings. The normalized spacial score (nSPS) is 12.1. The summed E-state index contributed by atoms with van der Waals surface area (Å²) in [7, 11) is 0. The highest BCUT2D eigenvalue weighted by Gasteiger charge is 2.18. The fourth-order valence-electron chi connectivity index (χ4n) is 1.21. The minimum Gasteiger partial charge on any atom is -0.478 e. The van der Waals surface area contributed by atoms with Gasteiger partial charge in [0, 0.05) is 5.56 Å². The van der Waals surface area contributed by atoms with Crippen LogP contribution in [0.2, 0.25) is 0 Å². The molecule has 0 bridgehead atoms. The number of Topliss-reactive ketones (excluding diaryl/α,β-unsaturated/α-hetero) is 1. The SMILES string of the molecule is CC(N)C(=O)c1cccc(C(=O)O)c1N. The van der Waals surface area contributed by atoms with Crippen molar-refractivity contribution in [2.24, 2.45) is 5.73 Å². The first-order chi connectivity index (χ1) is 6.95. The Labute approximate surface area is 86.7 Å². The summed E-state index contributed by atoms with van der Waals surface area (Å²) in [5.74, 6) is -1.53. The molecule has 0 aliphatic heterocycles. The van der Waals surface area contributed by atoms with Gasteiger partial charge in [0.05, 0.1) is 17.3 Å². The van der Waals surface area contributed by atoms with Gasteiger partial charge in [-0.15, -0.1) is 0 Å². The van der Waals surface area contributed by atoms with Gasteiger partial charge in [-0.2, -0.15) is 0 Å². The topological polar surface area (TPSA) is 106 Å². The molecule has 0 fully saturated rings. The molecule has 5 N–H and O–H groups in total. The Kier molecular flexibility index (Phi) is 3.06. The van der Waals surface area contributed by atoms with E-state index in [0.717, 1.165) is 0 Å². The number of para-hydroxylation sites is 1. The van der Waals surface area contributed by atoms with Crippen LogP contribution < -0.4 is 11.5 Å². The number of nitrogen functional groups attached to an aromatic ring is 1. The van der Waals surface area contributed by atoms with Gasteiger partial charge in [-0.1, -0.05) is 6.07 Å². The standard InChI is InChI=1S/C10H12N2O3/c1-5(11)9(13)6-3-2-4-7(8(6)12)10(14)15/h2-5H,11-12H2,1H3,(H,14,15). The van der Waals surface area contributed by atoms with Crippen molar-refractivity contribution in [2.45, 2.75) is 13.0 Å². The van der Waals surface area contributed by atoms with E-state index in [1.165, 1.54) is 25.1 Å². The second-order valence-electron chi connectivity index (χ2n) is 3.22. The first-order valence-electron chi connectivity index (χ1n) is 4.36. The lowest BCUT2D eigenvalue weighted by molar-refractivity contribution is 0.0698. The lowest BCUT2D eigenvalue weighted by Gasteiger charge is -2.09. The van der Waals surface area contributed by atoms with Crippen LogP contribution in [0.5, 0.6) is 0 Å². The van der Waals surface area contributed by atoms with E-state index in [0.29, 0.717) is 0 Å². The minimum atomic E-state index is -1.16. The molecular formula is C10H12N2O3. The van der Waals surface area contributed by atoms with Crippen molar-refractivity contribution in [3.63, 3.8) is 0 Å². The zero-order valence-corrected chi connectivity index (χ0v) is 8.23. The number of hydrogen-bond donors (Lipinski definition) is 3. The lowest BCUT2D eigenvalue weighted by atomic mass is 10.0. The molecule has 1 aromatic carbocycles. The zero-order chi connectivity index (χ0) is 11.6. The highest BCUT2D eigenvalue weighted by Crippen LogP contribution is 2.18. The van der Waals surface area contributed by atoms with Crippen LogP contribution in [0.15, 0.2) is 18.2 Å². The van der Waals surface area contributed by atoms with E-state index < -0.39 is 12.0 Å². The summed E-state index contributed by atoms with van der Waals surface area (Å²) in [5, 5.41) is 8.79. The summed E-state index contributed by atoms with van der Waals surface area (Å²) in [5.41, 5.74) is 11.0. The average molecular weight is 208 g/mol. The molecule has 0 aliphatic rings. The second-order valence-corrected chi connectivity index (χ2v) is 3.22. The number of carbonyl (C=O) groups excluding carboxylic acids is 1. The van der Waals surface area contributed by atoms with Crippen LogP contribution in [0, 0.1) is 0 Å². The van der Waals surface area contributed by atoms with Crippen molar-refractivity contribution >= 4 is 17.4 Å². The van der Waals surface area contributed by atoms with Gasteiger partial charge in [-0.25, -0.2) is 4.79 Å². The molecule has 5 heteroatoms. The number of nitrogens with two attached hydrogens (primary N) is 2. The van der Waals surface area contributed by atoms with Crippen LogP contribution in [0.1, 0.15) is 27.6 Å². The third kappa shape index (κ3) is 2.13. The number of ketones is 1. The summed E-state index contributed by atoms with van der Waals surface area (Å²) in [4.78, 5) is 22.3. The maximum absolute atomic E-state index is 11.5. The molecular weight excluding hydrogens is 196 g/mol. The van der Waals surface area contributed by atoms with E-state index in [1.54, 1.807) is 0 Å². The summed E-state index contributed by atoms with van der Waals surface area (Å²) in [6.45, 7) is 1.52. The third-order valence-electron chi connectivity index (χ3n) is 2.02. The number of carbonyl (C=O) groups is 2. The molecule has 15 heavy (non-hydrogen) atoms. The molecule has 0 saturated heterocycles. The molecule has 0 amide bonds. The number of rotatable bonds is 3. The maximum atomic E-state index is 11.5. The zero-order valence-electron chi connectivity index (χ0n) is 8.23. The van der Waals surface area contributed by atoms with Crippen LogP contribution >= 0.6 is 0 Å². The smallest absolute Gasteiger partial charge is 0.337 e. The number of carboxylic acid groups (broad SMARTS) is 1. The predicted octanol–water partition coefficient (Wildman–Crippen LogP) is 0.497. The Balaban J connectivity index is 3.27. The van der Waals surface area contributed by atoms with Crippen LogP contribution in [0.25, 0.3) is 0 Å². The first kappa shape index (κ1) is 11.2. The van der Waals surface area contributed by atoms with Crippen molar-refractivity contribution in [3.8, 4) is 0 Å². The van der Waals surface area contributed by atoms with E-state index >= 15 is 0 Å². The summed E-state index contributed by atoms with van der Waals surface area (Å²) >= 11 is 0. The Bertz CT molecular complexity index is 413. The Morgan fingerprint density at radius 1 is 1.33 bits per heavy atom. The van der Waals surface area contributed by atoms with E-state index in [-0.39, 0.29) is 22.6 Å². The second kappa shape index (κ2) is 4.10. The van der Waals surface area contributed by atoms with Gasteiger partial charge >= 0.3 is 5.97 Å². The number of hydrogen-bond acceptors (Lipinski definition) is 4. The molecule has 1 rings (SSSR count). The number of benzene rings is 1. The van der Waals surface area contributed by atoms with Crippen molar-refractivity contribution < 1.29 is 14.7 Å². The first-order valence-corrected chi connectivity index (χ1v) is 4.36. The van der Waals surface area contributed by atoms with E-state index in [2.05, 4.69) is 0 Å². The highest BCUT2D eigenvalue weighted by atomic mass is 16.4. The molecule has 0 radical (unpaired) electrons. The number of carboxylic acids is 1. The van der Waals surface area contributed by atoms with E-state index in [4.69, 9.17) is 16.6 Å². The molecule has 0 heterocycles. The number of aromatic carboxylic acids is 1. The molecule has 0 aromatic heterocycles. The van der Waals surface area contributed by atoms with Gasteiger partial charge in [0.25, 0.3) is 0 Å². The van der Waals surface area contributed by atoms with Crippen molar-refractivity contribution in [1.82, 2.24) is 0 Å². The van der Waals surface area contributed by atoms with Gasteiger partial charge < -0.3 is 16.6 Å². The van der Waals surface area contributed by atoms with Gasteiger partial charge in [0.15, 0.2) is 5.78 Å². The molecule has 1 atom stereocenters. The Hall–Kier alpha value is -1.88. The van der Waals surface area contributed by atoms with Gasteiger partial charge in [-0.3, -0.25) is 4.79 Å². The highest BCUT2D eigenvalue weighted by molar-refractivity contribution is 6.08. The predicted molar refractivity (Wildman–Crippen MR) is 55.8 cm³/mol. The molecule has 0 aliphatic carbocycles. The molecule has 0 saturated carbocycles. The van der Waals surface area contributed by atoms with Crippen molar-refractivity contribution in [2.75, 3.05) is 5.73 Å². The van der Waals surface area contributed by atoms with Gasteiger partial charge in [0.1, 0.15) is 0 Å². The quantitative estimate of drug-likeness (QED) is 0.495. The largest absolute Gasteiger partial charge is 0.478 e. The third-order valence-corrected chi connectivity index (χ3v) is 2.02. The Morgan fingerprint density at radius 3 is 2.33 bits per heavy atom.